The third-order valence-electron chi connectivity index (χ3n) is 5.92. The SMILES string of the molecule is C=C/C=C\CCCCCc1cc(O)c(C2C=C(C)CCC2C(=C)C)c(O)c1C(=O)O. The van der Waals surface area contributed by atoms with Gasteiger partial charge in [-0.15, -0.1) is 0 Å². The molecule has 0 radical (unpaired) electrons. The lowest BCUT2D eigenvalue weighted by Gasteiger charge is -2.32. The van der Waals surface area contributed by atoms with Gasteiger partial charge >= 0.3 is 5.97 Å². The second kappa shape index (κ2) is 10.9. The Morgan fingerprint density at radius 1 is 1.27 bits per heavy atom. The molecule has 4 heteroatoms. The van der Waals surface area contributed by atoms with Gasteiger partial charge in [-0.25, -0.2) is 4.79 Å². The second-order valence-corrected chi connectivity index (χ2v) is 8.29. The van der Waals surface area contributed by atoms with Gasteiger partial charge in [0, 0.05) is 11.5 Å². The monoisotopic (exact) mass is 410 g/mol. The number of aromatic hydroxyl groups is 2. The first kappa shape index (κ1) is 23.5. The minimum absolute atomic E-state index is 0.0383. The molecular formula is C26H34O4. The summed E-state index contributed by atoms with van der Waals surface area (Å²) < 4.78 is 0. The van der Waals surface area contributed by atoms with Crippen LogP contribution in [0, 0.1) is 5.92 Å². The van der Waals surface area contributed by atoms with E-state index < -0.39 is 5.97 Å². The first-order valence-electron chi connectivity index (χ1n) is 10.7. The Balaban J connectivity index is 2.32. The summed E-state index contributed by atoms with van der Waals surface area (Å²) in [5.74, 6) is -1.74. The number of carbonyl (C=O) groups is 1. The number of carboxylic acid groups (broad SMARTS) is 1. The summed E-state index contributed by atoms with van der Waals surface area (Å²) >= 11 is 0. The summed E-state index contributed by atoms with van der Waals surface area (Å²) in [7, 11) is 0. The van der Waals surface area contributed by atoms with Crippen LogP contribution in [0.4, 0.5) is 0 Å². The van der Waals surface area contributed by atoms with Crippen molar-refractivity contribution in [2.75, 3.05) is 0 Å². The Bertz CT molecular complexity index is 860. The first-order valence-corrected chi connectivity index (χ1v) is 10.7. The van der Waals surface area contributed by atoms with Crippen LogP contribution in [0.5, 0.6) is 11.5 Å². The van der Waals surface area contributed by atoms with Crippen LogP contribution in [0.1, 0.15) is 79.8 Å². The highest BCUT2D eigenvalue weighted by molar-refractivity contribution is 5.94. The van der Waals surface area contributed by atoms with E-state index in [1.54, 1.807) is 6.08 Å². The van der Waals surface area contributed by atoms with Crippen LogP contribution >= 0.6 is 0 Å². The number of phenolic OH excluding ortho intramolecular Hbond substituents is 1. The molecule has 0 fully saturated rings. The van der Waals surface area contributed by atoms with Crippen LogP contribution in [-0.2, 0) is 6.42 Å². The maximum absolute atomic E-state index is 12.0. The molecule has 2 unspecified atom stereocenters. The zero-order chi connectivity index (χ0) is 22.3. The Morgan fingerprint density at radius 2 is 2.00 bits per heavy atom. The number of unbranched alkanes of at least 4 members (excludes halogenated alkanes) is 3. The highest BCUT2D eigenvalue weighted by Gasteiger charge is 2.32. The molecule has 0 aromatic heterocycles. The minimum Gasteiger partial charge on any atom is -0.507 e. The highest BCUT2D eigenvalue weighted by atomic mass is 16.4. The van der Waals surface area contributed by atoms with E-state index in [0.717, 1.165) is 44.1 Å². The Labute approximate surface area is 180 Å². The van der Waals surface area contributed by atoms with Crippen molar-refractivity contribution in [3.05, 3.63) is 71.4 Å². The van der Waals surface area contributed by atoms with Gasteiger partial charge < -0.3 is 15.3 Å². The largest absolute Gasteiger partial charge is 0.507 e. The minimum atomic E-state index is -1.17. The fourth-order valence-corrected chi connectivity index (χ4v) is 4.34. The fourth-order valence-electron chi connectivity index (χ4n) is 4.34. The summed E-state index contributed by atoms with van der Waals surface area (Å²) in [5, 5.41) is 31.5. The Morgan fingerprint density at radius 3 is 2.63 bits per heavy atom. The van der Waals surface area contributed by atoms with E-state index in [2.05, 4.69) is 19.2 Å². The molecule has 1 aromatic carbocycles. The molecule has 0 bridgehead atoms. The molecule has 162 valence electrons. The van der Waals surface area contributed by atoms with Crippen molar-refractivity contribution in [3.8, 4) is 11.5 Å². The number of hydrogen-bond donors (Lipinski definition) is 3. The van der Waals surface area contributed by atoms with Crippen molar-refractivity contribution in [1.82, 2.24) is 0 Å². The van der Waals surface area contributed by atoms with Crippen LogP contribution in [0.3, 0.4) is 0 Å². The van der Waals surface area contributed by atoms with Gasteiger partial charge in [-0.2, -0.15) is 0 Å². The lowest BCUT2D eigenvalue weighted by Crippen LogP contribution is -2.18. The molecule has 3 N–H and O–H groups in total. The zero-order valence-electron chi connectivity index (χ0n) is 18.2. The molecular weight excluding hydrogens is 376 g/mol. The first-order chi connectivity index (χ1) is 14.3. The van der Waals surface area contributed by atoms with Crippen molar-refractivity contribution in [2.45, 2.75) is 64.7 Å². The van der Waals surface area contributed by atoms with Gasteiger partial charge in [-0.3, -0.25) is 0 Å². The smallest absolute Gasteiger partial charge is 0.339 e. The average Bonchev–Trinajstić information content (AvgIpc) is 2.66. The van der Waals surface area contributed by atoms with E-state index in [9.17, 15) is 20.1 Å². The van der Waals surface area contributed by atoms with Gasteiger partial charge in [0.2, 0.25) is 0 Å². The average molecular weight is 411 g/mol. The lowest BCUT2D eigenvalue weighted by atomic mass is 9.73. The molecule has 0 aliphatic heterocycles. The molecule has 1 aromatic rings. The molecule has 0 saturated heterocycles. The predicted octanol–water partition coefficient (Wildman–Crippen LogP) is 6.66. The number of hydrogen-bond acceptors (Lipinski definition) is 3. The number of benzene rings is 1. The van der Waals surface area contributed by atoms with Crippen molar-refractivity contribution in [2.24, 2.45) is 5.92 Å². The van der Waals surface area contributed by atoms with Gasteiger partial charge in [0.05, 0.1) is 0 Å². The molecule has 0 saturated carbocycles. The maximum atomic E-state index is 12.0. The summed E-state index contributed by atoms with van der Waals surface area (Å²) in [4.78, 5) is 12.0. The summed E-state index contributed by atoms with van der Waals surface area (Å²) in [5.41, 5.74) is 2.83. The van der Waals surface area contributed by atoms with Crippen LogP contribution < -0.4 is 0 Å². The summed E-state index contributed by atoms with van der Waals surface area (Å²) in [6.45, 7) is 11.7. The molecule has 0 spiro atoms. The highest BCUT2D eigenvalue weighted by Crippen LogP contribution is 2.48. The second-order valence-electron chi connectivity index (χ2n) is 8.29. The van der Waals surface area contributed by atoms with Crippen LogP contribution in [0.25, 0.3) is 0 Å². The topological polar surface area (TPSA) is 77.8 Å². The van der Waals surface area contributed by atoms with Gasteiger partial charge in [0.15, 0.2) is 0 Å². The third kappa shape index (κ3) is 5.65. The Kier molecular flexibility index (Phi) is 8.52. The van der Waals surface area contributed by atoms with Crippen molar-refractivity contribution < 1.29 is 20.1 Å². The molecule has 1 aliphatic carbocycles. The molecule has 2 rings (SSSR count). The van der Waals surface area contributed by atoms with Gasteiger partial charge in [0.25, 0.3) is 0 Å². The normalized spacial score (nSPS) is 18.9. The molecule has 0 amide bonds. The van der Waals surface area contributed by atoms with Gasteiger partial charge in [-0.1, -0.05) is 55.0 Å². The van der Waals surface area contributed by atoms with Gasteiger partial charge in [-0.05, 0) is 69.9 Å². The van der Waals surface area contributed by atoms with E-state index in [1.165, 1.54) is 11.6 Å². The third-order valence-corrected chi connectivity index (χ3v) is 5.92. The quantitative estimate of drug-likeness (QED) is 0.229. The van der Waals surface area contributed by atoms with E-state index in [0.29, 0.717) is 17.5 Å². The van der Waals surface area contributed by atoms with E-state index >= 15 is 0 Å². The van der Waals surface area contributed by atoms with Gasteiger partial charge in [0.1, 0.15) is 17.1 Å². The fraction of sp³-hybridized carbons (Fsp3) is 0.423. The number of aryl methyl sites for hydroxylation is 1. The molecule has 1 aliphatic rings. The van der Waals surface area contributed by atoms with Crippen LogP contribution in [-0.4, -0.2) is 21.3 Å². The van der Waals surface area contributed by atoms with Crippen molar-refractivity contribution >= 4 is 5.97 Å². The predicted molar refractivity (Wildman–Crippen MR) is 122 cm³/mol. The van der Waals surface area contributed by atoms with Crippen LogP contribution in [0.15, 0.2) is 54.7 Å². The summed E-state index contributed by atoms with van der Waals surface area (Å²) in [6, 6.07) is 1.53. The molecule has 0 heterocycles. The maximum Gasteiger partial charge on any atom is 0.339 e. The number of carboxylic acids is 1. The van der Waals surface area contributed by atoms with E-state index in [1.807, 2.05) is 26.0 Å². The number of phenols is 2. The lowest BCUT2D eigenvalue weighted by molar-refractivity contribution is 0.0692. The number of rotatable bonds is 10. The van der Waals surface area contributed by atoms with Crippen molar-refractivity contribution in [3.63, 3.8) is 0 Å². The van der Waals surface area contributed by atoms with E-state index in [-0.39, 0.29) is 28.9 Å². The molecule has 2 atom stereocenters. The summed E-state index contributed by atoms with van der Waals surface area (Å²) in [6.07, 6.45) is 13.7. The van der Waals surface area contributed by atoms with E-state index in [4.69, 9.17) is 0 Å². The Hall–Kier alpha value is -2.75. The molecule has 30 heavy (non-hydrogen) atoms. The number of allylic oxidation sites excluding steroid dienone is 6. The standard InChI is InChI=1S/C26H34O4/c1-5-6-7-8-9-10-11-12-19-16-22(27)24(25(28)23(19)26(29)30)21-15-18(4)13-14-20(21)17(2)3/h5-7,15-16,20-21,27-28H,1-2,8-14H2,3-4H3,(H,29,30)/b7-6-. The van der Waals surface area contributed by atoms with Crippen LogP contribution in [0.2, 0.25) is 0 Å². The molecule has 4 nitrogen and oxygen atoms in total. The van der Waals surface area contributed by atoms with Crippen molar-refractivity contribution in [1.29, 1.82) is 0 Å². The zero-order valence-corrected chi connectivity index (χ0v) is 18.2. The number of aromatic carboxylic acids is 1.